The van der Waals surface area contributed by atoms with Crippen LogP contribution in [0.4, 0.5) is 0 Å². The number of fused-ring (bicyclic) bond motifs is 3. The fourth-order valence-electron chi connectivity index (χ4n) is 6.17. The van der Waals surface area contributed by atoms with Crippen LogP contribution in [0.1, 0.15) is 56.0 Å². The number of benzene rings is 2. The molecule has 6 rings (SSSR count). The normalized spacial score (nSPS) is 26.2. The predicted octanol–water partition coefficient (Wildman–Crippen LogP) is 5.91. The average molecular weight is 434 g/mol. The molecule has 1 heterocycles. The molecule has 164 valence electrons. The number of aromatic nitrogens is 2. The lowest BCUT2D eigenvalue weighted by molar-refractivity contribution is -0.121. The molecule has 33 heavy (non-hydrogen) atoms. The third-order valence-corrected chi connectivity index (χ3v) is 8.03. The maximum Gasteiger partial charge on any atom is 0.176 e. The first-order valence-corrected chi connectivity index (χ1v) is 12.0. The maximum atomic E-state index is 12.8. The Morgan fingerprint density at radius 1 is 1.03 bits per heavy atom. The molecule has 4 heteroatoms. The van der Waals surface area contributed by atoms with E-state index in [1.807, 2.05) is 19.1 Å². The molecule has 0 unspecified atom stereocenters. The van der Waals surface area contributed by atoms with Crippen molar-refractivity contribution in [3.8, 4) is 22.9 Å². The second-order valence-electron chi connectivity index (χ2n) is 10.1. The number of hydrogen-bond acceptors (Lipinski definition) is 3. The van der Waals surface area contributed by atoms with E-state index < -0.39 is 0 Å². The molecule has 0 bridgehead atoms. The van der Waals surface area contributed by atoms with Crippen molar-refractivity contribution in [1.82, 2.24) is 9.78 Å². The minimum Gasteiger partial charge on any atom is -0.293 e. The number of rotatable bonds is 3. The topological polar surface area (TPSA) is 58.7 Å². The van der Waals surface area contributed by atoms with Gasteiger partial charge in [-0.05, 0) is 60.4 Å². The SMILES string of the molecule is C[C@H]1C(=O)C(C#N)=C[C@@]2(C)c3c(c(C4CC4)nn3-c3ccc(-c4ccccc4)cc3)CC[C@H]12. The Morgan fingerprint density at radius 2 is 1.73 bits per heavy atom. The molecule has 2 aromatic carbocycles. The summed E-state index contributed by atoms with van der Waals surface area (Å²) in [5.41, 5.74) is 7.08. The molecule has 0 radical (unpaired) electrons. The number of hydrogen-bond donors (Lipinski definition) is 0. The van der Waals surface area contributed by atoms with Crippen LogP contribution in [0.5, 0.6) is 0 Å². The first kappa shape index (κ1) is 20.2. The Bertz CT molecular complexity index is 1320. The second-order valence-corrected chi connectivity index (χ2v) is 10.1. The Labute approximate surface area is 194 Å². The monoisotopic (exact) mass is 433 g/mol. The minimum absolute atomic E-state index is 0.0101. The van der Waals surface area contributed by atoms with Crippen molar-refractivity contribution < 1.29 is 4.79 Å². The quantitative estimate of drug-likeness (QED) is 0.516. The van der Waals surface area contributed by atoms with Crippen LogP contribution in [-0.2, 0) is 16.6 Å². The molecule has 1 saturated carbocycles. The number of carbonyl (C=O) groups excluding carboxylic acids is 1. The van der Waals surface area contributed by atoms with E-state index in [-0.39, 0.29) is 23.0 Å². The van der Waals surface area contributed by atoms with E-state index in [1.165, 1.54) is 40.9 Å². The standard InChI is InChI=1S/C29H27N3O/c1-18-25-15-14-24-26(21-8-9-21)31-32(28(24)29(25,2)16-22(17-30)27(18)33)23-12-10-20(11-13-23)19-6-4-3-5-7-19/h3-7,10-13,16,18,21,25H,8-9,14-15H2,1-2H3/t18-,25-,29-/m1/s1. The molecule has 3 atom stereocenters. The van der Waals surface area contributed by atoms with Crippen molar-refractivity contribution >= 4 is 5.78 Å². The van der Waals surface area contributed by atoms with Gasteiger partial charge in [-0.15, -0.1) is 0 Å². The smallest absolute Gasteiger partial charge is 0.176 e. The van der Waals surface area contributed by atoms with Crippen molar-refractivity contribution in [2.24, 2.45) is 11.8 Å². The Hall–Kier alpha value is -3.45. The van der Waals surface area contributed by atoms with Crippen LogP contribution in [0.2, 0.25) is 0 Å². The zero-order valence-corrected chi connectivity index (χ0v) is 19.1. The number of ketones is 1. The summed E-state index contributed by atoms with van der Waals surface area (Å²) in [5.74, 6) is 0.562. The fraction of sp³-hybridized carbons (Fsp3) is 0.345. The molecule has 1 fully saturated rings. The Kier molecular flexibility index (Phi) is 4.45. The van der Waals surface area contributed by atoms with Crippen LogP contribution in [0.15, 0.2) is 66.2 Å². The molecular weight excluding hydrogens is 406 g/mol. The molecule has 0 spiro atoms. The van der Waals surface area contributed by atoms with Gasteiger partial charge in [0.15, 0.2) is 5.78 Å². The maximum absolute atomic E-state index is 12.8. The van der Waals surface area contributed by atoms with Crippen LogP contribution in [0, 0.1) is 23.2 Å². The summed E-state index contributed by atoms with van der Waals surface area (Å²) in [6.45, 7) is 4.21. The lowest BCUT2D eigenvalue weighted by Gasteiger charge is -2.45. The molecule has 0 aliphatic heterocycles. The summed E-state index contributed by atoms with van der Waals surface area (Å²) < 4.78 is 2.12. The van der Waals surface area contributed by atoms with Crippen molar-refractivity contribution in [2.75, 3.05) is 0 Å². The molecular formula is C29H27N3O. The molecule has 3 aromatic rings. The molecule has 0 N–H and O–H groups in total. The van der Waals surface area contributed by atoms with Gasteiger partial charge >= 0.3 is 0 Å². The number of carbonyl (C=O) groups is 1. The van der Waals surface area contributed by atoms with Gasteiger partial charge in [0.25, 0.3) is 0 Å². The van der Waals surface area contributed by atoms with Gasteiger partial charge in [0.05, 0.1) is 22.6 Å². The van der Waals surface area contributed by atoms with Gasteiger partial charge in [0.2, 0.25) is 0 Å². The van der Waals surface area contributed by atoms with Crippen LogP contribution in [0.25, 0.3) is 16.8 Å². The summed E-state index contributed by atoms with van der Waals surface area (Å²) in [6, 6.07) is 21.2. The summed E-state index contributed by atoms with van der Waals surface area (Å²) >= 11 is 0. The zero-order chi connectivity index (χ0) is 22.7. The highest BCUT2D eigenvalue weighted by Crippen LogP contribution is 2.53. The Morgan fingerprint density at radius 3 is 2.39 bits per heavy atom. The predicted molar refractivity (Wildman–Crippen MR) is 128 cm³/mol. The molecule has 3 aliphatic rings. The largest absolute Gasteiger partial charge is 0.293 e. The lowest BCUT2D eigenvalue weighted by atomic mass is 9.57. The number of nitriles is 1. The van der Waals surface area contributed by atoms with Gasteiger partial charge in [-0.25, -0.2) is 4.68 Å². The van der Waals surface area contributed by atoms with E-state index in [0.29, 0.717) is 11.5 Å². The minimum atomic E-state index is -0.385. The van der Waals surface area contributed by atoms with Crippen LogP contribution in [-0.4, -0.2) is 15.6 Å². The van der Waals surface area contributed by atoms with Gasteiger partial charge in [-0.3, -0.25) is 4.79 Å². The second kappa shape index (κ2) is 7.28. The Balaban J connectivity index is 1.52. The number of Topliss-reactive ketones (excluding diaryl/α,β-unsaturated/α-hetero) is 1. The third kappa shape index (κ3) is 3.03. The van der Waals surface area contributed by atoms with E-state index in [0.717, 1.165) is 18.5 Å². The summed E-state index contributed by atoms with van der Waals surface area (Å²) in [5, 5.41) is 14.9. The van der Waals surface area contributed by atoms with Gasteiger partial charge in [-0.1, -0.05) is 62.4 Å². The summed E-state index contributed by atoms with van der Waals surface area (Å²) in [4.78, 5) is 12.8. The molecule has 3 aliphatic carbocycles. The van der Waals surface area contributed by atoms with Crippen molar-refractivity contribution in [2.45, 2.75) is 50.9 Å². The van der Waals surface area contributed by atoms with E-state index in [9.17, 15) is 10.1 Å². The van der Waals surface area contributed by atoms with Crippen molar-refractivity contribution in [3.05, 3.63) is 83.2 Å². The van der Waals surface area contributed by atoms with E-state index >= 15 is 0 Å². The highest BCUT2D eigenvalue weighted by Gasteiger charge is 2.51. The average Bonchev–Trinajstić information content (AvgIpc) is 3.62. The van der Waals surface area contributed by atoms with Gasteiger partial charge in [0, 0.05) is 17.3 Å². The van der Waals surface area contributed by atoms with Gasteiger partial charge < -0.3 is 0 Å². The number of nitrogens with zero attached hydrogens (tertiary/aromatic N) is 3. The van der Waals surface area contributed by atoms with Crippen LogP contribution >= 0.6 is 0 Å². The van der Waals surface area contributed by atoms with Crippen LogP contribution in [0.3, 0.4) is 0 Å². The third-order valence-electron chi connectivity index (χ3n) is 8.03. The first-order valence-electron chi connectivity index (χ1n) is 12.0. The highest BCUT2D eigenvalue weighted by molar-refractivity contribution is 6.02. The first-order chi connectivity index (χ1) is 16.0. The summed E-state index contributed by atoms with van der Waals surface area (Å²) in [7, 11) is 0. The summed E-state index contributed by atoms with van der Waals surface area (Å²) in [6.07, 6.45) is 6.27. The van der Waals surface area contributed by atoms with E-state index in [4.69, 9.17) is 5.10 Å². The molecule has 0 saturated heterocycles. The molecule has 1 aromatic heterocycles. The molecule has 0 amide bonds. The van der Waals surface area contributed by atoms with Crippen molar-refractivity contribution in [1.29, 1.82) is 5.26 Å². The lowest BCUT2D eigenvalue weighted by Crippen LogP contribution is -2.46. The fourth-order valence-corrected chi connectivity index (χ4v) is 6.17. The molecule has 4 nitrogen and oxygen atoms in total. The van der Waals surface area contributed by atoms with Gasteiger partial charge in [0.1, 0.15) is 6.07 Å². The zero-order valence-electron chi connectivity index (χ0n) is 19.1. The van der Waals surface area contributed by atoms with E-state index in [2.05, 4.69) is 66.2 Å². The van der Waals surface area contributed by atoms with E-state index in [1.54, 1.807) is 0 Å². The number of allylic oxidation sites excluding steroid dienone is 2. The van der Waals surface area contributed by atoms with Crippen molar-refractivity contribution in [3.63, 3.8) is 0 Å². The highest BCUT2D eigenvalue weighted by atomic mass is 16.1. The van der Waals surface area contributed by atoms with Gasteiger partial charge in [-0.2, -0.15) is 10.4 Å². The van der Waals surface area contributed by atoms with Crippen LogP contribution < -0.4 is 0 Å².